The predicted octanol–water partition coefficient (Wildman–Crippen LogP) is 3.78. The first-order valence-corrected chi connectivity index (χ1v) is 10.8. The van der Waals surface area contributed by atoms with Crippen molar-refractivity contribution in [2.75, 3.05) is 0 Å². The molecule has 1 aliphatic rings. The number of carbonyl (C=O) groups is 1. The molecule has 22 heavy (non-hydrogen) atoms. The predicted molar refractivity (Wildman–Crippen MR) is 86.6 cm³/mol. The van der Waals surface area contributed by atoms with Gasteiger partial charge in [-0.05, 0) is 24.6 Å². The molecule has 1 aromatic rings. The van der Waals surface area contributed by atoms with Gasteiger partial charge in [0.15, 0.2) is 14.1 Å². The van der Waals surface area contributed by atoms with Crippen molar-refractivity contribution in [2.45, 2.75) is 77.2 Å². The van der Waals surface area contributed by atoms with Crippen LogP contribution in [0.15, 0.2) is 0 Å². The van der Waals surface area contributed by atoms with Gasteiger partial charge in [0.1, 0.15) is 6.10 Å². The first kappa shape index (κ1) is 17.1. The van der Waals surface area contributed by atoms with E-state index in [0.29, 0.717) is 5.82 Å². The van der Waals surface area contributed by atoms with Gasteiger partial charge < -0.3 is 9.53 Å². The van der Waals surface area contributed by atoms with Crippen LogP contribution in [0.2, 0.25) is 18.1 Å². The average molecular weight is 325 g/mol. The molecule has 2 rings (SSSR count). The first-order chi connectivity index (χ1) is 10.1. The summed E-state index contributed by atoms with van der Waals surface area (Å²) in [6, 6.07) is 0.190. The maximum absolute atomic E-state index is 11.2. The van der Waals surface area contributed by atoms with Crippen molar-refractivity contribution in [1.29, 1.82) is 0 Å². The maximum Gasteiger partial charge on any atom is 0.375 e. The van der Waals surface area contributed by atoms with Gasteiger partial charge in [-0.1, -0.05) is 34.1 Å². The van der Waals surface area contributed by atoms with Gasteiger partial charge in [-0.15, -0.1) is 5.10 Å². The minimum Gasteiger partial charge on any atom is -0.475 e. The molecule has 1 aromatic heterocycles. The molecular formula is C15H27N3O3Si. The molecule has 0 spiro atoms. The Balaban J connectivity index is 2.30. The molecule has 6 nitrogen and oxygen atoms in total. The third-order valence-corrected chi connectivity index (χ3v) is 9.32. The highest BCUT2D eigenvalue weighted by atomic mass is 28.4. The summed E-state index contributed by atoms with van der Waals surface area (Å²) in [5.41, 5.74) is 0. The lowest BCUT2D eigenvalue weighted by atomic mass is 10.1. The second kappa shape index (κ2) is 5.77. The van der Waals surface area contributed by atoms with E-state index in [2.05, 4.69) is 50.9 Å². The zero-order valence-corrected chi connectivity index (χ0v) is 15.4. The van der Waals surface area contributed by atoms with Crippen molar-refractivity contribution >= 4 is 14.3 Å². The van der Waals surface area contributed by atoms with Crippen molar-refractivity contribution < 1.29 is 14.3 Å². The minimum atomic E-state index is -1.94. The number of rotatable bonds is 5. The van der Waals surface area contributed by atoms with Crippen LogP contribution in [0.3, 0.4) is 0 Å². The van der Waals surface area contributed by atoms with Gasteiger partial charge in [-0.2, -0.15) is 0 Å². The molecule has 2 atom stereocenters. The second-order valence-corrected chi connectivity index (χ2v) is 12.3. The summed E-state index contributed by atoms with van der Waals surface area (Å²) >= 11 is 0. The SMILES string of the molecule is CCCC1CC(O[Si](C)(C)C(C)(C)C)c2nc(C(=O)O)nn21. The Labute approximate surface area is 133 Å². The molecule has 0 aliphatic carbocycles. The molecule has 1 aliphatic heterocycles. The molecule has 0 fully saturated rings. The summed E-state index contributed by atoms with van der Waals surface area (Å²) in [5, 5.41) is 13.4. The summed E-state index contributed by atoms with van der Waals surface area (Å²) in [7, 11) is -1.94. The summed E-state index contributed by atoms with van der Waals surface area (Å²) in [4.78, 5) is 15.4. The van der Waals surface area contributed by atoms with Crippen molar-refractivity contribution in [1.82, 2.24) is 14.8 Å². The zero-order valence-electron chi connectivity index (χ0n) is 14.4. The van der Waals surface area contributed by atoms with Gasteiger partial charge in [0.05, 0.1) is 6.04 Å². The van der Waals surface area contributed by atoms with Crippen LogP contribution in [-0.4, -0.2) is 34.2 Å². The molecule has 0 amide bonds. The number of fused-ring (bicyclic) bond motifs is 1. The number of carboxylic acids is 1. The van der Waals surface area contributed by atoms with E-state index in [1.54, 1.807) is 4.68 Å². The number of aromatic carboxylic acids is 1. The Hall–Kier alpha value is -1.21. The van der Waals surface area contributed by atoms with Gasteiger partial charge >= 0.3 is 5.97 Å². The van der Waals surface area contributed by atoms with Crippen molar-refractivity contribution in [2.24, 2.45) is 0 Å². The third-order valence-electron chi connectivity index (χ3n) is 4.83. The van der Waals surface area contributed by atoms with Crippen LogP contribution in [0.5, 0.6) is 0 Å². The fourth-order valence-electron chi connectivity index (χ4n) is 2.57. The lowest BCUT2D eigenvalue weighted by molar-refractivity contribution is 0.0682. The molecule has 0 aromatic carbocycles. The summed E-state index contributed by atoms with van der Waals surface area (Å²) < 4.78 is 8.26. The maximum atomic E-state index is 11.2. The summed E-state index contributed by atoms with van der Waals surface area (Å²) in [6.45, 7) is 13.1. The highest BCUT2D eigenvalue weighted by Gasteiger charge is 2.44. The fourth-order valence-corrected chi connectivity index (χ4v) is 3.84. The topological polar surface area (TPSA) is 77.2 Å². The highest BCUT2D eigenvalue weighted by Crippen LogP contribution is 2.44. The van der Waals surface area contributed by atoms with Gasteiger partial charge in [0.2, 0.25) is 0 Å². The van der Waals surface area contributed by atoms with Gasteiger partial charge in [-0.25, -0.2) is 14.5 Å². The van der Waals surface area contributed by atoms with Crippen molar-refractivity contribution in [3.63, 3.8) is 0 Å². The van der Waals surface area contributed by atoms with Gasteiger partial charge in [0.25, 0.3) is 5.82 Å². The Morgan fingerprint density at radius 2 is 2.09 bits per heavy atom. The number of aromatic nitrogens is 3. The Morgan fingerprint density at radius 1 is 1.45 bits per heavy atom. The lowest BCUT2D eigenvalue weighted by Gasteiger charge is -2.38. The number of carboxylic acid groups (broad SMARTS) is 1. The smallest absolute Gasteiger partial charge is 0.375 e. The van der Waals surface area contributed by atoms with E-state index >= 15 is 0 Å². The van der Waals surface area contributed by atoms with Crippen LogP contribution in [0, 0.1) is 0 Å². The van der Waals surface area contributed by atoms with Crippen LogP contribution in [-0.2, 0) is 4.43 Å². The van der Waals surface area contributed by atoms with Crippen LogP contribution in [0.1, 0.15) is 75.5 Å². The second-order valence-electron chi connectivity index (χ2n) is 7.59. The molecule has 2 unspecified atom stereocenters. The quantitative estimate of drug-likeness (QED) is 0.834. The van der Waals surface area contributed by atoms with Crippen LogP contribution in [0.4, 0.5) is 0 Å². The summed E-state index contributed by atoms with van der Waals surface area (Å²) in [6.07, 6.45) is 2.69. The minimum absolute atomic E-state index is 0.107. The van der Waals surface area contributed by atoms with E-state index in [9.17, 15) is 4.79 Å². The average Bonchev–Trinajstić information content (AvgIpc) is 2.90. The van der Waals surface area contributed by atoms with Crippen molar-refractivity contribution in [3.05, 3.63) is 11.6 Å². The molecule has 7 heteroatoms. The number of hydrogen-bond donors (Lipinski definition) is 1. The van der Waals surface area contributed by atoms with Crippen LogP contribution < -0.4 is 0 Å². The van der Waals surface area contributed by atoms with Crippen LogP contribution >= 0.6 is 0 Å². The molecule has 124 valence electrons. The normalized spacial score (nSPS) is 21.9. The molecule has 0 saturated heterocycles. The third kappa shape index (κ3) is 3.10. The van der Waals surface area contributed by atoms with E-state index in [0.717, 1.165) is 19.3 Å². The zero-order chi connectivity index (χ0) is 16.7. The van der Waals surface area contributed by atoms with Gasteiger partial charge in [-0.3, -0.25) is 0 Å². The Kier molecular flexibility index (Phi) is 4.50. The molecule has 2 heterocycles. The molecule has 0 radical (unpaired) electrons. The lowest BCUT2D eigenvalue weighted by Crippen LogP contribution is -2.41. The molecule has 0 saturated carbocycles. The van der Waals surface area contributed by atoms with Crippen molar-refractivity contribution in [3.8, 4) is 0 Å². The van der Waals surface area contributed by atoms with E-state index in [-0.39, 0.29) is 23.0 Å². The molecule has 0 bridgehead atoms. The fraction of sp³-hybridized carbons (Fsp3) is 0.800. The van der Waals surface area contributed by atoms with E-state index in [4.69, 9.17) is 9.53 Å². The first-order valence-electron chi connectivity index (χ1n) is 7.94. The van der Waals surface area contributed by atoms with E-state index < -0.39 is 14.3 Å². The van der Waals surface area contributed by atoms with Crippen LogP contribution in [0.25, 0.3) is 0 Å². The van der Waals surface area contributed by atoms with Gasteiger partial charge in [0, 0.05) is 6.42 Å². The van der Waals surface area contributed by atoms with E-state index in [1.807, 2.05) is 0 Å². The largest absolute Gasteiger partial charge is 0.475 e. The van der Waals surface area contributed by atoms with E-state index in [1.165, 1.54) is 0 Å². The highest BCUT2D eigenvalue weighted by molar-refractivity contribution is 6.74. The summed E-state index contributed by atoms with van der Waals surface area (Å²) in [5.74, 6) is -0.525. The number of hydrogen-bond acceptors (Lipinski definition) is 4. The standard InChI is InChI=1S/C15H27N3O3Si/c1-7-8-10-9-11(21-22(5,6)15(2,3)4)13-16-12(14(19)20)17-18(10)13/h10-11H,7-9H2,1-6H3,(H,19,20). The molecular weight excluding hydrogens is 298 g/mol. The Morgan fingerprint density at radius 3 is 2.59 bits per heavy atom. The monoisotopic (exact) mass is 325 g/mol. The number of nitrogens with zero attached hydrogens (tertiary/aromatic N) is 3. The Bertz CT molecular complexity index is 563. The molecule has 1 N–H and O–H groups in total.